The van der Waals surface area contributed by atoms with Crippen LogP contribution < -0.4 is 5.32 Å². The third-order valence-corrected chi connectivity index (χ3v) is 3.56. The molecule has 1 N–H and O–H groups in total. The maximum Gasteiger partial charge on any atom is 0.224 e. The molecule has 1 aromatic carbocycles. The summed E-state index contributed by atoms with van der Waals surface area (Å²) in [5, 5.41) is 3.08. The first-order valence-electron chi connectivity index (χ1n) is 6.75. The Morgan fingerprint density at radius 1 is 1.44 bits per heavy atom. The molecule has 1 atom stereocenters. The van der Waals surface area contributed by atoms with E-state index in [0.717, 1.165) is 30.5 Å². The summed E-state index contributed by atoms with van der Waals surface area (Å²) < 4.78 is 0. The molecule has 0 aliphatic heterocycles. The third kappa shape index (κ3) is 3.00. The monoisotopic (exact) mass is 243 g/mol. The first-order chi connectivity index (χ1) is 8.70. The van der Waals surface area contributed by atoms with Crippen LogP contribution in [0.5, 0.6) is 0 Å². The molecule has 1 unspecified atom stereocenters. The maximum absolute atomic E-state index is 12.0. The molecule has 1 amide bonds. The molecule has 0 saturated carbocycles. The number of anilines is 1. The summed E-state index contributed by atoms with van der Waals surface area (Å²) in [7, 11) is 0. The maximum atomic E-state index is 12.0. The summed E-state index contributed by atoms with van der Waals surface area (Å²) in [5.74, 6) is 0.564. The number of hydrogen-bond donors (Lipinski definition) is 1. The zero-order chi connectivity index (χ0) is 13.0. The number of amides is 1. The zero-order valence-electron chi connectivity index (χ0n) is 11.2. The highest BCUT2D eigenvalue weighted by Gasteiger charge is 2.15. The number of carbonyl (C=O) groups excluding carboxylic acids is 1. The lowest BCUT2D eigenvalue weighted by Crippen LogP contribution is -2.16. The molecule has 1 aliphatic carbocycles. The van der Waals surface area contributed by atoms with Gasteiger partial charge in [0, 0.05) is 12.1 Å². The minimum atomic E-state index is 0.135. The molecule has 2 nitrogen and oxygen atoms in total. The van der Waals surface area contributed by atoms with Gasteiger partial charge in [0.05, 0.1) is 0 Å². The van der Waals surface area contributed by atoms with E-state index in [1.807, 2.05) is 19.1 Å². The van der Waals surface area contributed by atoms with Crippen molar-refractivity contribution in [3.63, 3.8) is 0 Å². The van der Waals surface area contributed by atoms with Crippen LogP contribution in [-0.2, 0) is 11.2 Å². The molecule has 0 bridgehead atoms. The van der Waals surface area contributed by atoms with Crippen LogP contribution in [0.1, 0.15) is 37.3 Å². The predicted molar refractivity (Wildman–Crippen MR) is 75.7 cm³/mol. The number of aryl methyl sites for hydroxylation is 2. The molecule has 0 saturated heterocycles. The highest BCUT2D eigenvalue weighted by Crippen LogP contribution is 2.24. The van der Waals surface area contributed by atoms with Crippen LogP contribution in [0.4, 0.5) is 5.69 Å². The Bertz CT molecular complexity index is 462. The van der Waals surface area contributed by atoms with Crippen molar-refractivity contribution >= 4 is 11.6 Å². The molecular formula is C16H21NO. The van der Waals surface area contributed by atoms with Crippen molar-refractivity contribution in [3.05, 3.63) is 41.5 Å². The summed E-state index contributed by atoms with van der Waals surface area (Å²) in [5.41, 5.74) is 3.36. The average Bonchev–Trinajstić information content (AvgIpc) is 2.84. The first kappa shape index (κ1) is 12.9. The summed E-state index contributed by atoms with van der Waals surface area (Å²) >= 11 is 0. The Morgan fingerprint density at radius 3 is 2.94 bits per heavy atom. The molecular weight excluding hydrogens is 222 g/mol. The highest BCUT2D eigenvalue weighted by molar-refractivity contribution is 5.92. The molecule has 0 fully saturated rings. The second kappa shape index (κ2) is 5.85. The first-order valence-corrected chi connectivity index (χ1v) is 6.75. The van der Waals surface area contributed by atoms with E-state index in [2.05, 4.69) is 30.5 Å². The van der Waals surface area contributed by atoms with Gasteiger partial charge < -0.3 is 5.32 Å². The molecule has 18 heavy (non-hydrogen) atoms. The van der Waals surface area contributed by atoms with Gasteiger partial charge in [0.15, 0.2) is 0 Å². The SMILES string of the molecule is CCc1cccc(C)c1NC(=O)CC1C=CCC1. The number of nitrogens with one attached hydrogen (secondary N) is 1. The standard InChI is InChI=1S/C16H21NO/c1-3-14-10-6-7-12(2)16(14)17-15(18)11-13-8-4-5-9-13/h4,6-8,10,13H,3,5,9,11H2,1-2H3,(H,17,18). The van der Waals surface area contributed by atoms with Gasteiger partial charge in [-0.05, 0) is 43.2 Å². The third-order valence-electron chi connectivity index (χ3n) is 3.56. The zero-order valence-corrected chi connectivity index (χ0v) is 11.2. The summed E-state index contributed by atoms with van der Waals surface area (Å²) in [6.45, 7) is 4.16. The summed E-state index contributed by atoms with van der Waals surface area (Å²) in [6.07, 6.45) is 8.11. The van der Waals surface area contributed by atoms with E-state index in [1.54, 1.807) is 0 Å². The van der Waals surface area contributed by atoms with Gasteiger partial charge in [-0.3, -0.25) is 4.79 Å². The molecule has 0 spiro atoms. The number of hydrogen-bond acceptors (Lipinski definition) is 1. The van der Waals surface area contributed by atoms with Crippen LogP contribution in [0.3, 0.4) is 0 Å². The Hall–Kier alpha value is -1.57. The molecule has 0 heterocycles. The van der Waals surface area contributed by atoms with Gasteiger partial charge >= 0.3 is 0 Å². The minimum absolute atomic E-state index is 0.135. The average molecular weight is 243 g/mol. The number of carbonyl (C=O) groups is 1. The molecule has 2 rings (SSSR count). The van der Waals surface area contributed by atoms with E-state index in [0.29, 0.717) is 12.3 Å². The normalized spacial score (nSPS) is 18.0. The lowest BCUT2D eigenvalue weighted by atomic mass is 10.0. The molecule has 2 heteroatoms. The van der Waals surface area contributed by atoms with Gasteiger partial charge in [-0.15, -0.1) is 0 Å². The van der Waals surface area contributed by atoms with Crippen molar-refractivity contribution in [1.82, 2.24) is 0 Å². The van der Waals surface area contributed by atoms with E-state index in [1.165, 1.54) is 5.56 Å². The van der Waals surface area contributed by atoms with E-state index in [-0.39, 0.29) is 5.91 Å². The predicted octanol–water partition coefficient (Wildman–Crippen LogP) is 3.85. The Labute approximate surface area is 109 Å². The van der Waals surface area contributed by atoms with Crippen LogP contribution in [-0.4, -0.2) is 5.91 Å². The van der Waals surface area contributed by atoms with Crippen LogP contribution >= 0.6 is 0 Å². The van der Waals surface area contributed by atoms with Crippen molar-refractivity contribution < 1.29 is 4.79 Å². The fraction of sp³-hybridized carbons (Fsp3) is 0.438. The Kier molecular flexibility index (Phi) is 4.19. The number of rotatable bonds is 4. The van der Waals surface area contributed by atoms with E-state index >= 15 is 0 Å². The largest absolute Gasteiger partial charge is 0.326 e. The fourth-order valence-corrected chi connectivity index (χ4v) is 2.50. The van der Waals surface area contributed by atoms with Gasteiger partial charge in [-0.1, -0.05) is 37.3 Å². The second-order valence-corrected chi connectivity index (χ2v) is 4.98. The van der Waals surface area contributed by atoms with E-state index in [4.69, 9.17) is 0 Å². The van der Waals surface area contributed by atoms with Crippen molar-refractivity contribution in [1.29, 1.82) is 0 Å². The van der Waals surface area contributed by atoms with E-state index < -0.39 is 0 Å². The topological polar surface area (TPSA) is 29.1 Å². The van der Waals surface area contributed by atoms with Crippen LogP contribution in [0.15, 0.2) is 30.4 Å². The quantitative estimate of drug-likeness (QED) is 0.799. The molecule has 0 radical (unpaired) electrons. The molecule has 1 aliphatic rings. The summed E-state index contributed by atoms with van der Waals surface area (Å²) in [4.78, 5) is 12.0. The molecule has 0 aromatic heterocycles. The minimum Gasteiger partial charge on any atom is -0.326 e. The lowest BCUT2D eigenvalue weighted by molar-refractivity contribution is -0.116. The molecule has 1 aromatic rings. The fourth-order valence-electron chi connectivity index (χ4n) is 2.50. The van der Waals surface area contributed by atoms with Gasteiger partial charge in [0.1, 0.15) is 0 Å². The van der Waals surface area contributed by atoms with Crippen molar-refractivity contribution in [2.75, 3.05) is 5.32 Å². The smallest absolute Gasteiger partial charge is 0.224 e. The number of allylic oxidation sites excluding steroid dienone is 2. The second-order valence-electron chi connectivity index (χ2n) is 4.98. The van der Waals surface area contributed by atoms with Crippen molar-refractivity contribution in [2.24, 2.45) is 5.92 Å². The van der Waals surface area contributed by atoms with Gasteiger partial charge in [0.25, 0.3) is 0 Å². The van der Waals surface area contributed by atoms with Crippen molar-refractivity contribution in [3.8, 4) is 0 Å². The van der Waals surface area contributed by atoms with Gasteiger partial charge in [0.2, 0.25) is 5.91 Å². The van der Waals surface area contributed by atoms with Crippen LogP contribution in [0.25, 0.3) is 0 Å². The lowest BCUT2D eigenvalue weighted by Gasteiger charge is -2.14. The van der Waals surface area contributed by atoms with Gasteiger partial charge in [-0.2, -0.15) is 0 Å². The van der Waals surface area contributed by atoms with Gasteiger partial charge in [-0.25, -0.2) is 0 Å². The Balaban J connectivity index is 2.04. The van der Waals surface area contributed by atoms with Crippen LogP contribution in [0.2, 0.25) is 0 Å². The number of benzene rings is 1. The van der Waals surface area contributed by atoms with Crippen LogP contribution in [0, 0.1) is 12.8 Å². The number of para-hydroxylation sites is 1. The van der Waals surface area contributed by atoms with Crippen molar-refractivity contribution in [2.45, 2.75) is 39.5 Å². The highest BCUT2D eigenvalue weighted by atomic mass is 16.1. The van der Waals surface area contributed by atoms with E-state index in [9.17, 15) is 4.79 Å². The molecule has 96 valence electrons. The Morgan fingerprint density at radius 2 is 2.28 bits per heavy atom. The summed E-state index contributed by atoms with van der Waals surface area (Å²) in [6, 6.07) is 6.17.